The second-order valence-electron chi connectivity index (χ2n) is 5.79. The van der Waals surface area contributed by atoms with Crippen molar-refractivity contribution in [1.82, 2.24) is 4.90 Å². The molecule has 7 heteroatoms. The second-order valence-corrected chi connectivity index (χ2v) is 7.80. The number of piperidine rings is 1. The van der Waals surface area contributed by atoms with Crippen LogP contribution in [-0.4, -0.2) is 44.6 Å². The average Bonchev–Trinajstić information content (AvgIpc) is 2.46. The molecule has 1 aliphatic heterocycles. The van der Waals surface area contributed by atoms with Crippen LogP contribution < -0.4 is 5.73 Å². The van der Waals surface area contributed by atoms with Gasteiger partial charge in [-0.05, 0) is 49.9 Å². The Morgan fingerprint density at radius 1 is 1.23 bits per heavy atom. The Hall–Kier alpha value is -1.11. The van der Waals surface area contributed by atoms with Gasteiger partial charge in [0.15, 0.2) is 9.84 Å². The van der Waals surface area contributed by atoms with Crippen molar-refractivity contribution in [3.63, 3.8) is 0 Å². The van der Waals surface area contributed by atoms with Gasteiger partial charge in [-0.15, -0.1) is 12.4 Å². The number of likely N-dealkylation sites (tertiary alicyclic amines) is 1. The molecular weight excluding hydrogens is 324 g/mol. The van der Waals surface area contributed by atoms with Gasteiger partial charge in [-0.2, -0.15) is 0 Å². The van der Waals surface area contributed by atoms with Crippen LogP contribution in [0, 0.1) is 5.92 Å². The number of halogens is 1. The van der Waals surface area contributed by atoms with E-state index < -0.39 is 9.84 Å². The summed E-state index contributed by atoms with van der Waals surface area (Å²) in [6, 6.07) is 6.29. The van der Waals surface area contributed by atoms with Crippen LogP contribution in [0.15, 0.2) is 29.2 Å². The van der Waals surface area contributed by atoms with Gasteiger partial charge in [0.2, 0.25) is 0 Å². The first kappa shape index (κ1) is 18.9. The van der Waals surface area contributed by atoms with E-state index in [1.165, 1.54) is 12.1 Å². The van der Waals surface area contributed by atoms with Crippen LogP contribution in [0.4, 0.5) is 0 Å². The number of rotatable bonds is 3. The quantitative estimate of drug-likeness (QED) is 0.903. The van der Waals surface area contributed by atoms with Gasteiger partial charge in [-0.25, -0.2) is 8.42 Å². The smallest absolute Gasteiger partial charge is 0.253 e. The standard InChI is InChI=1S/C15H22N2O3S.ClH/c1-11(16)12-7-9-17(10-8-12)15(18)13-3-5-14(6-4-13)21(2,19)20;/h3-6,11-12H,7-10,16H2,1-2H3;1H. The predicted molar refractivity (Wildman–Crippen MR) is 89.1 cm³/mol. The normalized spacial score (nSPS) is 17.7. The molecule has 2 N–H and O–H groups in total. The third-order valence-electron chi connectivity index (χ3n) is 4.10. The highest BCUT2D eigenvalue weighted by molar-refractivity contribution is 7.90. The molecule has 0 saturated carbocycles. The average molecular weight is 347 g/mol. The van der Waals surface area contributed by atoms with Crippen molar-refractivity contribution in [2.24, 2.45) is 11.7 Å². The number of nitrogens with zero attached hydrogens (tertiary/aromatic N) is 1. The maximum absolute atomic E-state index is 12.4. The molecule has 1 aliphatic rings. The Balaban J connectivity index is 0.00000242. The van der Waals surface area contributed by atoms with Gasteiger partial charge in [0.05, 0.1) is 4.90 Å². The third kappa shape index (κ3) is 4.44. The number of benzene rings is 1. The fourth-order valence-corrected chi connectivity index (χ4v) is 3.29. The van der Waals surface area contributed by atoms with E-state index in [0.717, 1.165) is 19.1 Å². The Morgan fingerprint density at radius 3 is 2.14 bits per heavy atom. The number of nitrogens with two attached hydrogens (primary N) is 1. The van der Waals surface area contributed by atoms with Crippen LogP contribution in [0.3, 0.4) is 0 Å². The molecule has 1 aromatic rings. The number of carbonyl (C=O) groups excluding carboxylic acids is 1. The molecule has 1 heterocycles. The summed E-state index contributed by atoms with van der Waals surface area (Å²) < 4.78 is 22.8. The molecule has 1 fully saturated rings. The second kappa shape index (κ2) is 7.44. The largest absolute Gasteiger partial charge is 0.339 e. The van der Waals surface area contributed by atoms with E-state index in [9.17, 15) is 13.2 Å². The van der Waals surface area contributed by atoms with E-state index in [1.54, 1.807) is 12.1 Å². The maximum Gasteiger partial charge on any atom is 0.253 e. The van der Waals surface area contributed by atoms with E-state index in [-0.39, 0.29) is 29.3 Å². The topological polar surface area (TPSA) is 80.5 Å². The van der Waals surface area contributed by atoms with E-state index in [0.29, 0.717) is 24.6 Å². The van der Waals surface area contributed by atoms with Crippen LogP contribution in [0.1, 0.15) is 30.1 Å². The minimum absolute atomic E-state index is 0. The SMILES string of the molecule is CC(N)C1CCN(C(=O)c2ccc(S(C)(=O)=O)cc2)CC1.Cl. The third-order valence-corrected chi connectivity index (χ3v) is 5.23. The molecule has 0 bridgehead atoms. The molecule has 0 aliphatic carbocycles. The van der Waals surface area contributed by atoms with Crippen molar-refractivity contribution in [1.29, 1.82) is 0 Å². The summed E-state index contributed by atoms with van der Waals surface area (Å²) in [7, 11) is -3.23. The molecule has 0 aromatic heterocycles. The van der Waals surface area contributed by atoms with E-state index in [2.05, 4.69) is 0 Å². The Labute approximate surface area is 138 Å². The lowest BCUT2D eigenvalue weighted by Gasteiger charge is -2.33. The molecule has 1 saturated heterocycles. The van der Waals surface area contributed by atoms with Crippen molar-refractivity contribution in [3.8, 4) is 0 Å². The highest BCUT2D eigenvalue weighted by Gasteiger charge is 2.25. The molecule has 5 nitrogen and oxygen atoms in total. The lowest BCUT2D eigenvalue weighted by molar-refractivity contribution is 0.0681. The monoisotopic (exact) mass is 346 g/mol. The van der Waals surface area contributed by atoms with Gasteiger partial charge in [-0.3, -0.25) is 4.79 Å². The van der Waals surface area contributed by atoms with Gasteiger partial charge in [-0.1, -0.05) is 0 Å². The van der Waals surface area contributed by atoms with Crippen LogP contribution in [0.2, 0.25) is 0 Å². The first-order valence-electron chi connectivity index (χ1n) is 7.14. The molecule has 0 radical (unpaired) electrons. The van der Waals surface area contributed by atoms with Crippen LogP contribution in [0.25, 0.3) is 0 Å². The summed E-state index contributed by atoms with van der Waals surface area (Å²) in [5, 5.41) is 0. The van der Waals surface area contributed by atoms with Crippen molar-refractivity contribution in [2.75, 3.05) is 19.3 Å². The minimum atomic E-state index is -3.23. The van der Waals surface area contributed by atoms with Gasteiger partial charge in [0, 0.05) is 31.0 Å². The zero-order valence-corrected chi connectivity index (χ0v) is 14.5. The van der Waals surface area contributed by atoms with Gasteiger partial charge in [0.25, 0.3) is 5.91 Å². The van der Waals surface area contributed by atoms with Crippen LogP contribution >= 0.6 is 12.4 Å². The Bertz CT molecular complexity index is 606. The summed E-state index contributed by atoms with van der Waals surface area (Å²) in [5.74, 6) is 0.430. The Kier molecular flexibility index (Phi) is 6.40. The highest BCUT2D eigenvalue weighted by Crippen LogP contribution is 2.21. The van der Waals surface area contributed by atoms with Crippen molar-refractivity contribution in [3.05, 3.63) is 29.8 Å². The summed E-state index contributed by atoms with van der Waals surface area (Å²) in [4.78, 5) is 14.4. The minimum Gasteiger partial charge on any atom is -0.339 e. The molecule has 0 spiro atoms. The fourth-order valence-electron chi connectivity index (χ4n) is 2.66. The molecule has 2 rings (SSSR count). The summed E-state index contributed by atoms with van der Waals surface area (Å²) in [5.41, 5.74) is 6.43. The van der Waals surface area contributed by atoms with Gasteiger partial charge < -0.3 is 10.6 Å². The van der Waals surface area contributed by atoms with Crippen molar-refractivity contribution >= 4 is 28.2 Å². The van der Waals surface area contributed by atoms with E-state index >= 15 is 0 Å². The number of hydrogen-bond acceptors (Lipinski definition) is 4. The van der Waals surface area contributed by atoms with Crippen molar-refractivity contribution < 1.29 is 13.2 Å². The zero-order chi connectivity index (χ0) is 15.6. The Morgan fingerprint density at radius 2 is 1.73 bits per heavy atom. The maximum atomic E-state index is 12.4. The molecule has 1 amide bonds. The van der Waals surface area contributed by atoms with Crippen LogP contribution in [0.5, 0.6) is 0 Å². The van der Waals surface area contributed by atoms with Crippen LogP contribution in [-0.2, 0) is 9.84 Å². The number of sulfone groups is 1. The molecular formula is C15H23ClN2O3S. The molecule has 1 unspecified atom stereocenters. The molecule has 1 aromatic carbocycles. The lowest BCUT2D eigenvalue weighted by Crippen LogP contribution is -2.42. The van der Waals surface area contributed by atoms with E-state index in [4.69, 9.17) is 5.73 Å². The summed E-state index contributed by atoms with van der Waals surface area (Å²) >= 11 is 0. The molecule has 22 heavy (non-hydrogen) atoms. The van der Waals surface area contributed by atoms with Gasteiger partial charge in [0.1, 0.15) is 0 Å². The zero-order valence-electron chi connectivity index (χ0n) is 12.9. The first-order valence-corrected chi connectivity index (χ1v) is 9.03. The molecule has 124 valence electrons. The summed E-state index contributed by atoms with van der Waals surface area (Å²) in [6.45, 7) is 3.42. The predicted octanol–water partition coefficient (Wildman–Crippen LogP) is 1.71. The molecule has 1 atom stereocenters. The van der Waals surface area contributed by atoms with Crippen molar-refractivity contribution in [2.45, 2.75) is 30.7 Å². The summed E-state index contributed by atoms with van der Waals surface area (Å²) in [6.07, 6.45) is 3.00. The number of carbonyl (C=O) groups is 1. The number of hydrogen-bond donors (Lipinski definition) is 1. The van der Waals surface area contributed by atoms with Gasteiger partial charge >= 0.3 is 0 Å². The number of amides is 1. The van der Waals surface area contributed by atoms with E-state index in [1.807, 2.05) is 11.8 Å². The highest BCUT2D eigenvalue weighted by atomic mass is 35.5. The first-order chi connectivity index (χ1) is 9.79. The fraction of sp³-hybridized carbons (Fsp3) is 0.533. The lowest BCUT2D eigenvalue weighted by atomic mass is 9.90.